The average molecular weight is 467 g/mol. The molecule has 3 aromatic rings. The largest absolute Gasteiger partial charge is 0.459 e. The van der Waals surface area contributed by atoms with Crippen LogP contribution in [0.3, 0.4) is 0 Å². The Labute approximate surface area is 184 Å². The second-order valence-corrected chi connectivity index (χ2v) is 7.66. The SMILES string of the molecule is Cc1cncc(-c2cccc(C3CC(C(F)(F)C(F)(F)F)=NN3c3ccc(F)cc3F)c2)c1. The standard InChI is InChI=1S/C23H16F7N3/c1-13-7-16(12-31-11-13)14-3-2-4-15(8-14)20-10-21(22(26,27)23(28,29)30)32-33(20)19-6-5-17(24)9-18(19)25/h2-9,11-12,20H,10H2,1H3. The fourth-order valence-electron chi connectivity index (χ4n) is 3.65. The number of hydrogen-bond acceptors (Lipinski definition) is 3. The molecule has 1 atom stereocenters. The molecule has 0 saturated carbocycles. The molecule has 3 nitrogen and oxygen atoms in total. The number of nitrogens with zero attached hydrogens (tertiary/aromatic N) is 3. The summed E-state index contributed by atoms with van der Waals surface area (Å²) in [5.41, 5.74) is 0.664. The molecule has 1 aliphatic heterocycles. The Morgan fingerprint density at radius 3 is 2.33 bits per heavy atom. The van der Waals surface area contributed by atoms with Crippen LogP contribution in [0.15, 0.2) is 66.0 Å². The van der Waals surface area contributed by atoms with Gasteiger partial charge in [-0.2, -0.15) is 27.1 Å². The minimum atomic E-state index is -5.87. The van der Waals surface area contributed by atoms with Gasteiger partial charge < -0.3 is 0 Å². The molecule has 0 spiro atoms. The maximum atomic E-state index is 14.5. The number of hydrazone groups is 1. The average Bonchev–Trinajstić information content (AvgIpc) is 3.19. The molecular formula is C23H16F7N3. The van der Waals surface area contributed by atoms with E-state index < -0.39 is 47.6 Å². The van der Waals surface area contributed by atoms with Gasteiger partial charge in [0.05, 0.1) is 11.7 Å². The summed E-state index contributed by atoms with van der Waals surface area (Å²) < 4.78 is 95.2. The van der Waals surface area contributed by atoms with E-state index in [-0.39, 0.29) is 0 Å². The lowest BCUT2D eigenvalue weighted by atomic mass is 9.95. The molecule has 1 unspecified atom stereocenters. The topological polar surface area (TPSA) is 28.5 Å². The number of hydrogen-bond donors (Lipinski definition) is 0. The van der Waals surface area contributed by atoms with E-state index in [0.717, 1.165) is 22.7 Å². The van der Waals surface area contributed by atoms with Crippen LogP contribution in [0.25, 0.3) is 11.1 Å². The second-order valence-electron chi connectivity index (χ2n) is 7.66. The zero-order valence-electron chi connectivity index (χ0n) is 17.0. The van der Waals surface area contributed by atoms with E-state index in [1.54, 1.807) is 30.6 Å². The number of benzene rings is 2. The van der Waals surface area contributed by atoms with Crippen molar-refractivity contribution in [3.63, 3.8) is 0 Å². The fraction of sp³-hybridized carbons (Fsp3) is 0.217. The summed E-state index contributed by atoms with van der Waals surface area (Å²) in [4.78, 5) is 4.10. The molecule has 0 amide bonds. The number of aryl methyl sites for hydroxylation is 1. The molecule has 0 N–H and O–H groups in total. The van der Waals surface area contributed by atoms with Gasteiger partial charge in [0, 0.05) is 30.4 Å². The molecular weight excluding hydrogens is 451 g/mol. The number of alkyl halides is 5. The van der Waals surface area contributed by atoms with Gasteiger partial charge in [0.1, 0.15) is 11.5 Å². The Bertz CT molecular complexity index is 1220. The molecule has 0 radical (unpaired) electrons. The van der Waals surface area contributed by atoms with E-state index in [0.29, 0.717) is 22.8 Å². The second kappa shape index (κ2) is 8.17. The molecule has 0 saturated heterocycles. The van der Waals surface area contributed by atoms with Crippen molar-refractivity contribution in [2.45, 2.75) is 31.5 Å². The van der Waals surface area contributed by atoms with Gasteiger partial charge in [-0.3, -0.25) is 9.99 Å². The number of halogens is 7. The minimum Gasteiger partial charge on any atom is -0.264 e. The summed E-state index contributed by atoms with van der Waals surface area (Å²) in [6, 6.07) is 9.44. The fourth-order valence-corrected chi connectivity index (χ4v) is 3.65. The molecule has 0 fully saturated rings. The first kappa shape index (κ1) is 22.8. The normalized spacial score (nSPS) is 16.8. The maximum absolute atomic E-state index is 14.5. The van der Waals surface area contributed by atoms with Crippen molar-refractivity contribution in [2.24, 2.45) is 5.10 Å². The summed E-state index contributed by atoms with van der Waals surface area (Å²) in [5.74, 6) is -7.28. The lowest BCUT2D eigenvalue weighted by Gasteiger charge is -2.25. The van der Waals surface area contributed by atoms with E-state index in [2.05, 4.69) is 10.1 Å². The predicted octanol–water partition coefficient (Wildman–Crippen LogP) is 6.84. The Balaban J connectivity index is 1.80. The van der Waals surface area contributed by atoms with E-state index in [9.17, 15) is 30.7 Å². The smallest absolute Gasteiger partial charge is 0.264 e. The molecule has 0 bridgehead atoms. The third-order valence-corrected chi connectivity index (χ3v) is 5.27. The number of aromatic nitrogens is 1. The lowest BCUT2D eigenvalue weighted by Crippen LogP contribution is -2.43. The van der Waals surface area contributed by atoms with Crippen LogP contribution >= 0.6 is 0 Å². The highest BCUT2D eigenvalue weighted by atomic mass is 19.4. The number of pyridine rings is 1. The van der Waals surface area contributed by atoms with Crippen LogP contribution in [0.5, 0.6) is 0 Å². The maximum Gasteiger partial charge on any atom is 0.459 e. The van der Waals surface area contributed by atoms with Crippen LogP contribution in [0.4, 0.5) is 36.4 Å². The minimum absolute atomic E-state index is 0.328. The Morgan fingerprint density at radius 2 is 1.67 bits per heavy atom. The van der Waals surface area contributed by atoms with Gasteiger partial charge in [0.2, 0.25) is 0 Å². The van der Waals surface area contributed by atoms with Gasteiger partial charge in [-0.1, -0.05) is 18.2 Å². The first-order valence-electron chi connectivity index (χ1n) is 9.76. The van der Waals surface area contributed by atoms with Gasteiger partial charge in [0.25, 0.3) is 0 Å². The first-order valence-corrected chi connectivity index (χ1v) is 9.76. The van der Waals surface area contributed by atoms with Crippen molar-refractivity contribution in [1.29, 1.82) is 0 Å². The zero-order chi connectivity index (χ0) is 24.0. The van der Waals surface area contributed by atoms with Crippen molar-refractivity contribution in [2.75, 3.05) is 5.01 Å². The molecule has 2 heterocycles. The van der Waals surface area contributed by atoms with Crippen molar-refractivity contribution in [3.8, 4) is 11.1 Å². The molecule has 1 aliphatic rings. The molecule has 1 aromatic heterocycles. The summed E-state index contributed by atoms with van der Waals surface area (Å²) in [6.45, 7) is 1.83. The van der Waals surface area contributed by atoms with Crippen molar-refractivity contribution in [1.82, 2.24) is 4.98 Å². The van der Waals surface area contributed by atoms with E-state index >= 15 is 0 Å². The third kappa shape index (κ3) is 4.29. The Morgan fingerprint density at radius 1 is 0.909 bits per heavy atom. The lowest BCUT2D eigenvalue weighted by molar-refractivity contribution is -0.249. The highest BCUT2D eigenvalue weighted by Gasteiger charge is 2.63. The molecule has 172 valence electrons. The van der Waals surface area contributed by atoms with Gasteiger partial charge >= 0.3 is 12.1 Å². The van der Waals surface area contributed by atoms with Crippen LogP contribution in [-0.4, -0.2) is 22.8 Å². The third-order valence-electron chi connectivity index (χ3n) is 5.27. The quantitative estimate of drug-likeness (QED) is 0.393. The first-order chi connectivity index (χ1) is 15.5. The molecule has 33 heavy (non-hydrogen) atoms. The van der Waals surface area contributed by atoms with Gasteiger partial charge in [0.15, 0.2) is 5.82 Å². The van der Waals surface area contributed by atoms with Gasteiger partial charge in [-0.15, -0.1) is 0 Å². The van der Waals surface area contributed by atoms with Gasteiger partial charge in [-0.05, 0) is 47.9 Å². The number of anilines is 1. The van der Waals surface area contributed by atoms with Crippen molar-refractivity contribution < 1.29 is 30.7 Å². The predicted molar refractivity (Wildman–Crippen MR) is 109 cm³/mol. The summed E-state index contributed by atoms with van der Waals surface area (Å²) >= 11 is 0. The summed E-state index contributed by atoms with van der Waals surface area (Å²) in [6.07, 6.45) is -3.46. The van der Waals surface area contributed by atoms with Crippen LogP contribution in [0.1, 0.15) is 23.6 Å². The van der Waals surface area contributed by atoms with Crippen LogP contribution in [-0.2, 0) is 0 Å². The highest BCUT2D eigenvalue weighted by molar-refractivity contribution is 5.95. The Kier molecular flexibility index (Phi) is 5.63. The van der Waals surface area contributed by atoms with Crippen molar-refractivity contribution >= 4 is 11.4 Å². The zero-order valence-corrected chi connectivity index (χ0v) is 17.0. The molecule has 10 heteroatoms. The van der Waals surface area contributed by atoms with E-state index in [4.69, 9.17) is 0 Å². The van der Waals surface area contributed by atoms with Crippen LogP contribution in [0.2, 0.25) is 0 Å². The van der Waals surface area contributed by atoms with Crippen molar-refractivity contribution in [3.05, 3.63) is 83.7 Å². The monoisotopic (exact) mass is 467 g/mol. The van der Waals surface area contributed by atoms with E-state index in [1.807, 2.05) is 13.0 Å². The summed E-state index contributed by atoms with van der Waals surface area (Å²) in [5, 5.41) is 4.21. The van der Waals surface area contributed by atoms with Crippen LogP contribution in [0, 0.1) is 18.6 Å². The molecule has 0 aliphatic carbocycles. The summed E-state index contributed by atoms with van der Waals surface area (Å²) in [7, 11) is 0. The van der Waals surface area contributed by atoms with Crippen LogP contribution < -0.4 is 5.01 Å². The van der Waals surface area contributed by atoms with E-state index in [1.165, 1.54) is 6.07 Å². The molecule has 2 aromatic carbocycles. The molecule has 4 rings (SSSR count). The highest BCUT2D eigenvalue weighted by Crippen LogP contribution is 2.45. The Hall–Kier alpha value is -3.43. The van der Waals surface area contributed by atoms with Gasteiger partial charge in [-0.25, -0.2) is 8.78 Å². The number of rotatable bonds is 4.